The van der Waals surface area contributed by atoms with Crippen molar-refractivity contribution in [1.29, 1.82) is 0 Å². The van der Waals surface area contributed by atoms with E-state index in [-0.39, 0.29) is 0 Å². The zero-order valence-electron chi connectivity index (χ0n) is 11.3. The van der Waals surface area contributed by atoms with Gasteiger partial charge in [-0.05, 0) is 51.6 Å². The van der Waals surface area contributed by atoms with Crippen LogP contribution < -0.4 is 5.32 Å². The van der Waals surface area contributed by atoms with E-state index in [1.165, 1.54) is 38.8 Å². The molecular formula is C15H26N2. The van der Waals surface area contributed by atoms with Crippen LogP contribution in [-0.2, 0) is 0 Å². The number of hydrogen-bond acceptors (Lipinski definition) is 2. The maximum absolute atomic E-state index is 5.50. The minimum atomic E-state index is 0.332. The molecule has 1 heterocycles. The van der Waals surface area contributed by atoms with Gasteiger partial charge in [0.15, 0.2) is 0 Å². The Bertz CT molecular complexity index is 290. The summed E-state index contributed by atoms with van der Waals surface area (Å²) >= 11 is 0. The Morgan fingerprint density at radius 1 is 1.53 bits per heavy atom. The molecule has 2 fully saturated rings. The van der Waals surface area contributed by atoms with E-state index in [1.54, 1.807) is 0 Å². The fourth-order valence-electron chi connectivity index (χ4n) is 3.19. The second kappa shape index (κ2) is 5.42. The van der Waals surface area contributed by atoms with Gasteiger partial charge in [0.25, 0.3) is 0 Å². The summed E-state index contributed by atoms with van der Waals surface area (Å²) in [5.74, 6) is 3.74. The van der Waals surface area contributed by atoms with Gasteiger partial charge in [-0.1, -0.05) is 6.92 Å². The monoisotopic (exact) mass is 234 g/mol. The fourth-order valence-corrected chi connectivity index (χ4v) is 3.19. The number of nitrogens with one attached hydrogen (secondary N) is 1. The summed E-state index contributed by atoms with van der Waals surface area (Å²) in [6.07, 6.45) is 11.6. The number of nitrogens with zero attached hydrogens (tertiary/aromatic N) is 1. The van der Waals surface area contributed by atoms with Gasteiger partial charge >= 0.3 is 0 Å². The van der Waals surface area contributed by atoms with Crippen LogP contribution in [0.1, 0.15) is 46.0 Å². The molecule has 2 unspecified atom stereocenters. The summed E-state index contributed by atoms with van der Waals surface area (Å²) in [6, 6.07) is 0.581. The maximum atomic E-state index is 5.50. The van der Waals surface area contributed by atoms with Crippen molar-refractivity contribution in [1.82, 2.24) is 10.2 Å². The van der Waals surface area contributed by atoms with Gasteiger partial charge in [-0.2, -0.15) is 0 Å². The van der Waals surface area contributed by atoms with Gasteiger partial charge in [0.1, 0.15) is 0 Å². The highest BCUT2D eigenvalue weighted by Gasteiger charge is 2.43. The molecular weight excluding hydrogens is 208 g/mol. The highest BCUT2D eigenvalue weighted by molar-refractivity contribution is 5.02. The molecule has 0 aromatic rings. The summed E-state index contributed by atoms with van der Waals surface area (Å²) in [5, 5.41) is 3.78. The van der Waals surface area contributed by atoms with E-state index >= 15 is 0 Å². The molecule has 2 atom stereocenters. The average molecular weight is 234 g/mol. The lowest BCUT2D eigenvalue weighted by Gasteiger charge is -2.37. The molecule has 2 aliphatic rings. The molecule has 2 rings (SSSR count). The lowest BCUT2D eigenvalue weighted by Crippen LogP contribution is -2.52. The van der Waals surface area contributed by atoms with Crippen LogP contribution in [-0.4, -0.2) is 36.1 Å². The van der Waals surface area contributed by atoms with Gasteiger partial charge in [-0.25, -0.2) is 0 Å². The van der Waals surface area contributed by atoms with E-state index in [9.17, 15) is 0 Å². The number of terminal acetylenes is 1. The van der Waals surface area contributed by atoms with Crippen LogP contribution in [0.15, 0.2) is 0 Å². The Morgan fingerprint density at radius 3 is 2.88 bits per heavy atom. The average Bonchev–Trinajstić information content (AvgIpc) is 3.12. The van der Waals surface area contributed by atoms with Crippen LogP contribution in [0.5, 0.6) is 0 Å². The van der Waals surface area contributed by atoms with Gasteiger partial charge in [-0.15, -0.1) is 12.3 Å². The standard InChI is InChI=1S/C15H26N2/c1-4-7-14(5-2)17-11-6-10-16-15(3,12-17)13-8-9-13/h1,13-14,16H,5-12H2,2-3H3. The first-order chi connectivity index (χ1) is 8.19. The van der Waals surface area contributed by atoms with E-state index < -0.39 is 0 Å². The van der Waals surface area contributed by atoms with Crippen LogP contribution in [0.2, 0.25) is 0 Å². The highest BCUT2D eigenvalue weighted by atomic mass is 15.2. The van der Waals surface area contributed by atoms with Gasteiger partial charge in [0.2, 0.25) is 0 Å². The molecule has 1 aliphatic heterocycles. The van der Waals surface area contributed by atoms with Gasteiger partial charge < -0.3 is 5.32 Å². The molecule has 0 aromatic carbocycles. The van der Waals surface area contributed by atoms with E-state index in [0.717, 1.165) is 18.9 Å². The molecule has 1 saturated carbocycles. The van der Waals surface area contributed by atoms with Crippen LogP contribution in [0.25, 0.3) is 0 Å². The molecule has 1 aliphatic carbocycles. The summed E-state index contributed by atoms with van der Waals surface area (Å²) in [6.45, 7) is 8.21. The van der Waals surface area contributed by atoms with Crippen LogP contribution in [0.3, 0.4) is 0 Å². The van der Waals surface area contributed by atoms with Crippen LogP contribution in [0, 0.1) is 18.3 Å². The van der Waals surface area contributed by atoms with E-state index in [0.29, 0.717) is 11.6 Å². The third kappa shape index (κ3) is 3.03. The second-order valence-corrected chi connectivity index (χ2v) is 5.91. The summed E-state index contributed by atoms with van der Waals surface area (Å²) in [5.41, 5.74) is 0.332. The molecule has 0 amide bonds. The van der Waals surface area contributed by atoms with E-state index in [4.69, 9.17) is 6.42 Å². The van der Waals surface area contributed by atoms with Crippen molar-refractivity contribution < 1.29 is 0 Å². The minimum absolute atomic E-state index is 0.332. The zero-order chi connectivity index (χ0) is 12.3. The first kappa shape index (κ1) is 12.9. The molecule has 0 bridgehead atoms. The summed E-state index contributed by atoms with van der Waals surface area (Å²) in [4.78, 5) is 2.64. The number of rotatable bonds is 4. The van der Waals surface area contributed by atoms with Crippen molar-refractivity contribution in [2.45, 2.75) is 57.5 Å². The molecule has 0 spiro atoms. The largest absolute Gasteiger partial charge is 0.310 e. The Hall–Kier alpha value is -0.520. The molecule has 2 nitrogen and oxygen atoms in total. The first-order valence-corrected chi connectivity index (χ1v) is 7.12. The lowest BCUT2D eigenvalue weighted by atomic mass is 9.94. The SMILES string of the molecule is C#CCC(CC)N1CCCNC(C)(C2CC2)C1. The molecule has 0 aromatic heterocycles. The predicted octanol–water partition coefficient (Wildman–Crippen LogP) is 2.25. The molecule has 0 radical (unpaired) electrons. The van der Waals surface area contributed by atoms with Crippen LogP contribution >= 0.6 is 0 Å². The molecule has 2 heteroatoms. The minimum Gasteiger partial charge on any atom is -0.310 e. The quantitative estimate of drug-likeness (QED) is 0.751. The topological polar surface area (TPSA) is 15.3 Å². The van der Waals surface area contributed by atoms with Crippen molar-refractivity contribution in [3.05, 3.63) is 0 Å². The summed E-state index contributed by atoms with van der Waals surface area (Å²) < 4.78 is 0. The lowest BCUT2D eigenvalue weighted by molar-refractivity contribution is 0.149. The zero-order valence-corrected chi connectivity index (χ0v) is 11.3. The normalized spacial score (nSPS) is 32.8. The van der Waals surface area contributed by atoms with Gasteiger partial charge in [0, 0.05) is 24.5 Å². The molecule has 17 heavy (non-hydrogen) atoms. The molecule has 96 valence electrons. The highest BCUT2D eigenvalue weighted by Crippen LogP contribution is 2.40. The smallest absolute Gasteiger partial charge is 0.0308 e. The third-order valence-corrected chi connectivity index (χ3v) is 4.50. The van der Waals surface area contributed by atoms with Crippen LogP contribution in [0.4, 0.5) is 0 Å². The van der Waals surface area contributed by atoms with Gasteiger partial charge in [0.05, 0.1) is 0 Å². The van der Waals surface area contributed by atoms with E-state index in [1.807, 2.05) is 0 Å². The van der Waals surface area contributed by atoms with Crippen molar-refractivity contribution >= 4 is 0 Å². The van der Waals surface area contributed by atoms with Crippen molar-refractivity contribution in [3.8, 4) is 12.3 Å². The Balaban J connectivity index is 2.03. The fraction of sp³-hybridized carbons (Fsp3) is 0.867. The van der Waals surface area contributed by atoms with Crippen molar-refractivity contribution in [2.24, 2.45) is 5.92 Å². The summed E-state index contributed by atoms with van der Waals surface area (Å²) in [7, 11) is 0. The third-order valence-electron chi connectivity index (χ3n) is 4.50. The Morgan fingerprint density at radius 2 is 2.29 bits per heavy atom. The predicted molar refractivity (Wildman–Crippen MR) is 72.9 cm³/mol. The number of hydrogen-bond donors (Lipinski definition) is 1. The van der Waals surface area contributed by atoms with Crippen molar-refractivity contribution in [3.63, 3.8) is 0 Å². The second-order valence-electron chi connectivity index (χ2n) is 5.91. The Kier molecular flexibility index (Phi) is 4.12. The molecule has 1 saturated heterocycles. The first-order valence-electron chi connectivity index (χ1n) is 7.12. The van der Waals surface area contributed by atoms with Gasteiger partial charge in [-0.3, -0.25) is 4.90 Å². The maximum Gasteiger partial charge on any atom is 0.0308 e. The van der Waals surface area contributed by atoms with E-state index in [2.05, 4.69) is 30.0 Å². The Labute approximate surface area is 106 Å². The van der Waals surface area contributed by atoms with Crippen molar-refractivity contribution in [2.75, 3.05) is 19.6 Å². The molecule has 1 N–H and O–H groups in total.